The molecule has 0 aromatic heterocycles. The monoisotopic (exact) mass is 420 g/mol. The summed E-state index contributed by atoms with van der Waals surface area (Å²) in [5.74, 6) is 1.90. The number of epoxide rings is 2. The zero-order valence-corrected chi connectivity index (χ0v) is 18.8. The van der Waals surface area contributed by atoms with Gasteiger partial charge in [-0.3, -0.25) is 0 Å². The Morgan fingerprint density at radius 2 is 2.03 bits per heavy atom. The maximum absolute atomic E-state index is 12.4. The van der Waals surface area contributed by atoms with Crippen LogP contribution in [0.5, 0.6) is 0 Å². The Labute approximate surface area is 177 Å². The number of carbonyl (C=O) groups is 1. The van der Waals surface area contributed by atoms with E-state index in [9.17, 15) is 4.79 Å². The van der Waals surface area contributed by atoms with Crippen molar-refractivity contribution in [3.05, 3.63) is 11.1 Å². The van der Waals surface area contributed by atoms with Crippen molar-refractivity contribution in [1.29, 1.82) is 0 Å². The first kappa shape index (κ1) is 19.1. The summed E-state index contributed by atoms with van der Waals surface area (Å²) in [6.45, 7) is 9.04. The standard InChI is InChI=1S/C23H32O5S/c1-11(2)14-8-17-23(28-17)21(4)7-6-13-18(12(3)26-20(13)24)15(21)9-16-22(23,27-16)19(14)25-10-29-5/h11-12,14-17,19H,6-10H2,1-5H3. The van der Waals surface area contributed by atoms with Crippen LogP contribution in [0.25, 0.3) is 0 Å². The van der Waals surface area contributed by atoms with Gasteiger partial charge >= 0.3 is 5.97 Å². The van der Waals surface area contributed by atoms with Gasteiger partial charge in [0.25, 0.3) is 0 Å². The molecule has 6 rings (SSSR count). The molecule has 2 saturated carbocycles. The molecule has 4 fully saturated rings. The number of rotatable bonds is 4. The SMILES string of the molecule is CSCOC1C(C(C)C)CC2OC23C2(C)CCC4=C(C(C)OC4=O)C2CC2OC213. The van der Waals surface area contributed by atoms with Gasteiger partial charge in [-0.05, 0) is 62.2 Å². The number of thioether (sulfide) groups is 1. The van der Waals surface area contributed by atoms with Crippen LogP contribution in [0, 0.1) is 23.2 Å². The van der Waals surface area contributed by atoms with Gasteiger partial charge in [-0.25, -0.2) is 4.79 Å². The smallest absolute Gasteiger partial charge is 0.334 e. The molecule has 2 saturated heterocycles. The van der Waals surface area contributed by atoms with E-state index in [1.807, 2.05) is 6.92 Å². The van der Waals surface area contributed by atoms with Crippen molar-refractivity contribution in [2.45, 2.75) is 89.0 Å². The molecule has 5 nitrogen and oxygen atoms in total. The van der Waals surface area contributed by atoms with Gasteiger partial charge in [0.2, 0.25) is 0 Å². The molecular weight excluding hydrogens is 388 g/mol. The van der Waals surface area contributed by atoms with Crippen LogP contribution >= 0.6 is 11.8 Å². The van der Waals surface area contributed by atoms with E-state index in [0.717, 1.165) is 31.3 Å². The Kier molecular flexibility index (Phi) is 3.84. The minimum absolute atomic E-state index is 0.0331. The first-order valence-electron chi connectivity index (χ1n) is 11.2. The number of carbonyl (C=O) groups excluding carboxylic acids is 1. The second-order valence-corrected chi connectivity index (χ2v) is 11.4. The molecule has 160 valence electrons. The van der Waals surface area contributed by atoms with E-state index in [0.29, 0.717) is 23.7 Å². The van der Waals surface area contributed by atoms with Gasteiger partial charge in [0.05, 0.1) is 24.3 Å². The molecule has 0 radical (unpaired) electrons. The van der Waals surface area contributed by atoms with E-state index in [2.05, 4.69) is 27.0 Å². The topological polar surface area (TPSA) is 60.6 Å². The lowest BCUT2D eigenvalue weighted by Gasteiger charge is -2.55. The molecule has 0 aromatic carbocycles. The van der Waals surface area contributed by atoms with Crippen LogP contribution in [-0.4, -0.2) is 53.8 Å². The summed E-state index contributed by atoms with van der Waals surface area (Å²) in [4.78, 5) is 12.4. The molecule has 2 spiro atoms. The highest BCUT2D eigenvalue weighted by Crippen LogP contribution is 2.79. The molecule has 9 unspecified atom stereocenters. The highest BCUT2D eigenvalue weighted by atomic mass is 32.2. The lowest BCUT2D eigenvalue weighted by Crippen LogP contribution is -2.67. The normalized spacial score (nSPS) is 54.2. The number of cyclic esters (lactones) is 1. The summed E-state index contributed by atoms with van der Waals surface area (Å²) in [5, 5.41) is 0. The Hall–Kier alpha value is -0.560. The van der Waals surface area contributed by atoms with Gasteiger partial charge < -0.3 is 18.9 Å². The first-order valence-corrected chi connectivity index (χ1v) is 12.6. The van der Waals surface area contributed by atoms with Crippen LogP contribution < -0.4 is 0 Å². The fraction of sp³-hybridized carbons (Fsp3) is 0.870. The van der Waals surface area contributed by atoms with Crippen molar-refractivity contribution in [1.82, 2.24) is 0 Å². The number of hydrogen-bond acceptors (Lipinski definition) is 6. The molecule has 0 bridgehead atoms. The van der Waals surface area contributed by atoms with Crippen LogP contribution in [0.1, 0.15) is 53.4 Å². The third kappa shape index (κ3) is 2.03. The summed E-state index contributed by atoms with van der Waals surface area (Å²) in [6, 6.07) is 0. The number of esters is 1. The fourth-order valence-electron chi connectivity index (χ4n) is 7.96. The Balaban J connectivity index is 1.44. The molecule has 9 atom stereocenters. The molecule has 0 amide bonds. The van der Waals surface area contributed by atoms with Crippen LogP contribution in [0.3, 0.4) is 0 Å². The largest absolute Gasteiger partial charge is 0.455 e. The summed E-state index contributed by atoms with van der Waals surface area (Å²) >= 11 is 1.73. The molecule has 0 N–H and O–H groups in total. The minimum Gasteiger partial charge on any atom is -0.455 e. The summed E-state index contributed by atoms with van der Waals surface area (Å²) in [6.07, 6.45) is 6.25. The first-order chi connectivity index (χ1) is 13.8. The average Bonchev–Trinajstić information content (AvgIpc) is 3.55. The van der Waals surface area contributed by atoms with Crippen LogP contribution in [-0.2, 0) is 23.7 Å². The molecule has 3 aliphatic carbocycles. The van der Waals surface area contributed by atoms with Gasteiger partial charge in [0.15, 0.2) is 5.60 Å². The van der Waals surface area contributed by atoms with Gasteiger partial charge in [-0.15, -0.1) is 11.8 Å². The zero-order chi connectivity index (χ0) is 20.3. The summed E-state index contributed by atoms with van der Waals surface area (Å²) in [5.41, 5.74) is 1.56. The minimum atomic E-state index is -0.309. The third-order valence-corrected chi connectivity index (χ3v) is 9.61. The van der Waals surface area contributed by atoms with Crippen LogP contribution in [0.15, 0.2) is 11.1 Å². The quantitative estimate of drug-likeness (QED) is 0.393. The predicted octanol–water partition coefficient (Wildman–Crippen LogP) is 3.71. The highest BCUT2D eigenvalue weighted by molar-refractivity contribution is 7.98. The van der Waals surface area contributed by atoms with Crippen molar-refractivity contribution >= 4 is 17.7 Å². The molecule has 6 heteroatoms. The Morgan fingerprint density at radius 3 is 2.76 bits per heavy atom. The molecule has 29 heavy (non-hydrogen) atoms. The van der Waals surface area contributed by atoms with E-state index >= 15 is 0 Å². The van der Waals surface area contributed by atoms with E-state index in [-0.39, 0.29) is 47.0 Å². The number of hydrogen-bond donors (Lipinski definition) is 0. The maximum atomic E-state index is 12.4. The van der Waals surface area contributed by atoms with Gasteiger partial charge in [0, 0.05) is 11.0 Å². The molecule has 3 heterocycles. The Bertz CT molecular complexity index is 809. The van der Waals surface area contributed by atoms with Crippen LogP contribution in [0.4, 0.5) is 0 Å². The number of fused-ring (bicyclic) bond motifs is 2. The average molecular weight is 421 g/mol. The predicted molar refractivity (Wildman–Crippen MR) is 109 cm³/mol. The third-order valence-electron chi connectivity index (χ3n) is 9.24. The summed E-state index contributed by atoms with van der Waals surface area (Å²) < 4.78 is 25.6. The second kappa shape index (κ2) is 5.81. The lowest BCUT2D eigenvalue weighted by atomic mass is 9.46. The van der Waals surface area contributed by atoms with Crippen molar-refractivity contribution < 1.29 is 23.7 Å². The number of ether oxygens (including phenoxy) is 4. The van der Waals surface area contributed by atoms with Gasteiger partial charge in [-0.1, -0.05) is 20.8 Å². The molecule has 0 aromatic rings. The van der Waals surface area contributed by atoms with Crippen molar-refractivity contribution in [2.75, 3.05) is 12.2 Å². The van der Waals surface area contributed by atoms with E-state index in [4.69, 9.17) is 18.9 Å². The molecule has 6 aliphatic rings. The van der Waals surface area contributed by atoms with E-state index in [1.165, 1.54) is 5.57 Å². The van der Waals surface area contributed by atoms with Gasteiger partial charge in [-0.2, -0.15) is 0 Å². The lowest BCUT2D eigenvalue weighted by molar-refractivity contribution is -0.139. The fourth-order valence-corrected chi connectivity index (χ4v) is 8.24. The van der Waals surface area contributed by atoms with E-state index < -0.39 is 0 Å². The highest BCUT2D eigenvalue weighted by Gasteiger charge is 2.93. The molecule has 3 aliphatic heterocycles. The zero-order valence-electron chi connectivity index (χ0n) is 18.0. The second-order valence-electron chi connectivity index (χ2n) is 10.6. The Morgan fingerprint density at radius 1 is 1.24 bits per heavy atom. The van der Waals surface area contributed by atoms with Crippen molar-refractivity contribution in [3.63, 3.8) is 0 Å². The summed E-state index contributed by atoms with van der Waals surface area (Å²) in [7, 11) is 0. The van der Waals surface area contributed by atoms with Crippen molar-refractivity contribution in [3.8, 4) is 0 Å². The van der Waals surface area contributed by atoms with Crippen molar-refractivity contribution in [2.24, 2.45) is 23.2 Å². The maximum Gasteiger partial charge on any atom is 0.334 e. The van der Waals surface area contributed by atoms with Gasteiger partial charge in [0.1, 0.15) is 11.7 Å². The van der Waals surface area contributed by atoms with E-state index in [1.54, 1.807) is 11.8 Å². The van der Waals surface area contributed by atoms with Crippen LogP contribution in [0.2, 0.25) is 0 Å². The molecular formula is C23H32O5S.